The highest BCUT2D eigenvalue weighted by Gasteiger charge is 2.42. The molecule has 1 aliphatic heterocycles. The first-order chi connectivity index (χ1) is 7.21. The van der Waals surface area contributed by atoms with Crippen molar-refractivity contribution in [2.24, 2.45) is 0 Å². The minimum Gasteiger partial charge on any atom is -0.316 e. The van der Waals surface area contributed by atoms with Gasteiger partial charge in [-0.1, -0.05) is 13.8 Å². The Morgan fingerprint density at radius 3 is 2.93 bits per heavy atom. The van der Waals surface area contributed by atoms with Crippen LogP contribution in [0.4, 0.5) is 0 Å². The molecule has 0 amide bonds. The standard InChI is InChI=1S/C13H19NS/c1-9(2)11-7-10-3-4-13(12(10)15-11)5-6-14-8-13/h7,9,14H,3-6,8H2,1-2H3. The maximum Gasteiger partial charge on any atom is 0.0190 e. The van der Waals surface area contributed by atoms with E-state index in [1.807, 2.05) is 0 Å². The van der Waals surface area contributed by atoms with E-state index in [0.717, 1.165) is 0 Å². The highest BCUT2D eigenvalue weighted by atomic mass is 32.1. The van der Waals surface area contributed by atoms with Crippen molar-refractivity contribution in [1.82, 2.24) is 5.32 Å². The van der Waals surface area contributed by atoms with Crippen molar-refractivity contribution < 1.29 is 0 Å². The normalized spacial score (nSPS) is 29.3. The summed E-state index contributed by atoms with van der Waals surface area (Å²) in [4.78, 5) is 3.31. The zero-order valence-corrected chi connectivity index (χ0v) is 10.4. The van der Waals surface area contributed by atoms with Crippen molar-refractivity contribution in [3.8, 4) is 0 Å². The van der Waals surface area contributed by atoms with Crippen LogP contribution in [0.15, 0.2) is 6.07 Å². The first-order valence-electron chi connectivity index (χ1n) is 6.05. The van der Waals surface area contributed by atoms with Crippen LogP contribution in [-0.4, -0.2) is 13.1 Å². The summed E-state index contributed by atoms with van der Waals surface area (Å²) in [5, 5.41) is 3.54. The average Bonchev–Trinajstić information content (AvgIpc) is 2.88. The SMILES string of the molecule is CC(C)c1cc2c(s1)C1(CCNC1)CC2. The summed E-state index contributed by atoms with van der Waals surface area (Å²) in [6.45, 7) is 7.05. The van der Waals surface area contributed by atoms with E-state index in [1.165, 1.54) is 32.4 Å². The Hall–Kier alpha value is -0.340. The summed E-state index contributed by atoms with van der Waals surface area (Å²) >= 11 is 2.09. The van der Waals surface area contributed by atoms with Crippen molar-refractivity contribution in [2.75, 3.05) is 13.1 Å². The number of aryl methyl sites for hydroxylation is 1. The molecule has 0 bridgehead atoms. The molecule has 1 N–H and O–H groups in total. The molecule has 0 radical (unpaired) electrons. The fourth-order valence-corrected chi connectivity index (χ4v) is 4.47. The maximum absolute atomic E-state index is 3.54. The van der Waals surface area contributed by atoms with Crippen molar-refractivity contribution >= 4 is 11.3 Å². The summed E-state index contributed by atoms with van der Waals surface area (Å²) in [6, 6.07) is 2.47. The third-order valence-electron chi connectivity index (χ3n) is 4.00. The Morgan fingerprint density at radius 2 is 2.27 bits per heavy atom. The molecule has 1 aliphatic carbocycles. The van der Waals surface area contributed by atoms with Gasteiger partial charge < -0.3 is 5.32 Å². The molecular weight excluding hydrogens is 202 g/mol. The van der Waals surface area contributed by atoms with Gasteiger partial charge in [-0.2, -0.15) is 0 Å². The van der Waals surface area contributed by atoms with Crippen molar-refractivity contribution in [3.05, 3.63) is 21.4 Å². The predicted octanol–water partition coefficient (Wildman–Crippen LogP) is 3.05. The van der Waals surface area contributed by atoms with Gasteiger partial charge in [0.15, 0.2) is 0 Å². The third kappa shape index (κ3) is 1.38. The van der Waals surface area contributed by atoms with Crippen molar-refractivity contribution in [3.63, 3.8) is 0 Å². The largest absolute Gasteiger partial charge is 0.316 e. The average molecular weight is 221 g/mol. The summed E-state index contributed by atoms with van der Waals surface area (Å²) in [6.07, 6.45) is 4.07. The molecule has 2 heterocycles. The second kappa shape index (κ2) is 3.33. The monoisotopic (exact) mass is 221 g/mol. The van der Waals surface area contributed by atoms with Gasteiger partial charge in [-0.25, -0.2) is 0 Å². The van der Waals surface area contributed by atoms with Crippen LogP contribution in [0.2, 0.25) is 0 Å². The Morgan fingerprint density at radius 1 is 1.40 bits per heavy atom. The van der Waals surface area contributed by atoms with Gasteiger partial charge in [0.2, 0.25) is 0 Å². The Kier molecular flexibility index (Phi) is 2.18. The Labute approximate surface area is 95.9 Å². The number of hydrogen-bond donors (Lipinski definition) is 1. The zero-order chi connectivity index (χ0) is 10.5. The van der Waals surface area contributed by atoms with Crippen LogP contribution in [0.25, 0.3) is 0 Å². The van der Waals surface area contributed by atoms with E-state index in [1.54, 1.807) is 15.3 Å². The molecule has 2 aliphatic rings. The number of rotatable bonds is 1. The minimum atomic E-state index is 0.535. The van der Waals surface area contributed by atoms with Gasteiger partial charge in [-0.3, -0.25) is 0 Å². The molecule has 1 aromatic rings. The molecule has 1 fully saturated rings. The lowest BCUT2D eigenvalue weighted by molar-refractivity contribution is 0.475. The van der Waals surface area contributed by atoms with Crippen LogP contribution in [-0.2, 0) is 11.8 Å². The Balaban J connectivity index is 2.01. The molecule has 82 valence electrons. The minimum absolute atomic E-state index is 0.535. The molecule has 0 saturated carbocycles. The summed E-state index contributed by atoms with van der Waals surface area (Å²) in [7, 11) is 0. The van der Waals surface area contributed by atoms with Gasteiger partial charge in [0.25, 0.3) is 0 Å². The molecule has 1 spiro atoms. The van der Waals surface area contributed by atoms with Crippen LogP contribution in [0.1, 0.15) is 47.9 Å². The topological polar surface area (TPSA) is 12.0 Å². The van der Waals surface area contributed by atoms with E-state index in [2.05, 4.69) is 36.6 Å². The van der Waals surface area contributed by atoms with Crippen LogP contribution < -0.4 is 5.32 Å². The van der Waals surface area contributed by atoms with Gasteiger partial charge >= 0.3 is 0 Å². The van der Waals surface area contributed by atoms with Crippen LogP contribution in [0.3, 0.4) is 0 Å². The quantitative estimate of drug-likeness (QED) is 0.768. The molecular formula is C13H19NS. The molecule has 2 heteroatoms. The number of thiophene rings is 1. The fraction of sp³-hybridized carbons (Fsp3) is 0.692. The van der Waals surface area contributed by atoms with Crippen molar-refractivity contribution in [1.29, 1.82) is 0 Å². The maximum atomic E-state index is 3.54. The second-order valence-electron chi connectivity index (χ2n) is 5.36. The predicted molar refractivity (Wildman–Crippen MR) is 65.9 cm³/mol. The van der Waals surface area contributed by atoms with E-state index in [0.29, 0.717) is 11.3 Å². The lowest BCUT2D eigenvalue weighted by Crippen LogP contribution is -2.24. The molecule has 1 atom stereocenters. The summed E-state index contributed by atoms with van der Waals surface area (Å²) in [5.74, 6) is 0.701. The smallest absolute Gasteiger partial charge is 0.0190 e. The number of fused-ring (bicyclic) bond motifs is 2. The highest BCUT2D eigenvalue weighted by molar-refractivity contribution is 7.12. The lowest BCUT2D eigenvalue weighted by Gasteiger charge is -2.21. The second-order valence-corrected chi connectivity index (χ2v) is 6.45. The van der Waals surface area contributed by atoms with Gasteiger partial charge in [0.05, 0.1) is 0 Å². The van der Waals surface area contributed by atoms with Crippen LogP contribution in [0, 0.1) is 0 Å². The molecule has 3 rings (SSSR count). The first-order valence-corrected chi connectivity index (χ1v) is 6.87. The van der Waals surface area contributed by atoms with Crippen molar-refractivity contribution in [2.45, 2.75) is 44.4 Å². The molecule has 1 unspecified atom stereocenters. The van der Waals surface area contributed by atoms with E-state index in [9.17, 15) is 0 Å². The first kappa shape index (κ1) is 9.86. The molecule has 0 aromatic carbocycles. The molecule has 1 nitrogen and oxygen atoms in total. The highest BCUT2D eigenvalue weighted by Crippen LogP contribution is 2.48. The summed E-state index contributed by atoms with van der Waals surface area (Å²) < 4.78 is 0. The van der Waals surface area contributed by atoms with Crippen LogP contribution >= 0.6 is 11.3 Å². The van der Waals surface area contributed by atoms with Gasteiger partial charge in [-0.05, 0) is 43.4 Å². The molecule has 1 aromatic heterocycles. The third-order valence-corrected chi connectivity index (χ3v) is 5.72. The molecule has 15 heavy (non-hydrogen) atoms. The zero-order valence-electron chi connectivity index (χ0n) is 9.60. The Bertz CT molecular complexity index is 372. The van der Waals surface area contributed by atoms with Gasteiger partial charge in [-0.15, -0.1) is 11.3 Å². The van der Waals surface area contributed by atoms with E-state index in [4.69, 9.17) is 0 Å². The van der Waals surface area contributed by atoms with Crippen LogP contribution in [0.5, 0.6) is 0 Å². The summed E-state index contributed by atoms with van der Waals surface area (Å²) in [5.41, 5.74) is 2.19. The van der Waals surface area contributed by atoms with E-state index < -0.39 is 0 Å². The molecule has 1 saturated heterocycles. The lowest BCUT2D eigenvalue weighted by atomic mass is 9.86. The van der Waals surface area contributed by atoms with E-state index in [-0.39, 0.29) is 0 Å². The fourth-order valence-electron chi connectivity index (χ4n) is 3.01. The van der Waals surface area contributed by atoms with Gasteiger partial charge in [0, 0.05) is 21.7 Å². The van der Waals surface area contributed by atoms with Gasteiger partial charge in [0.1, 0.15) is 0 Å². The number of nitrogens with one attached hydrogen (secondary N) is 1. The van der Waals surface area contributed by atoms with E-state index >= 15 is 0 Å². The number of hydrogen-bond acceptors (Lipinski definition) is 2.